The highest BCUT2D eigenvalue weighted by molar-refractivity contribution is 5.96. The van der Waals surface area contributed by atoms with Crippen LogP contribution in [0.2, 0.25) is 0 Å². The number of aromatic amines is 1. The molecule has 172 valence electrons. The Balaban J connectivity index is 1.43. The van der Waals surface area contributed by atoms with Gasteiger partial charge in [0.25, 0.3) is 11.8 Å². The lowest BCUT2D eigenvalue weighted by atomic mass is 9.89. The van der Waals surface area contributed by atoms with Crippen LogP contribution in [0.5, 0.6) is 0 Å². The minimum absolute atomic E-state index is 0.0732. The van der Waals surface area contributed by atoms with Crippen LogP contribution in [0.15, 0.2) is 30.5 Å². The van der Waals surface area contributed by atoms with E-state index in [-0.39, 0.29) is 29.8 Å². The molecule has 32 heavy (non-hydrogen) atoms. The summed E-state index contributed by atoms with van der Waals surface area (Å²) in [6, 6.07) is 8.28. The molecule has 2 fully saturated rings. The third kappa shape index (κ3) is 4.38. The number of rotatable bonds is 4. The lowest BCUT2D eigenvalue weighted by Gasteiger charge is -2.39. The second-order valence-electron chi connectivity index (χ2n) is 9.55. The van der Waals surface area contributed by atoms with Gasteiger partial charge in [-0.25, -0.2) is 0 Å². The molecule has 2 unspecified atom stereocenters. The van der Waals surface area contributed by atoms with Crippen LogP contribution in [-0.2, 0) is 0 Å². The van der Waals surface area contributed by atoms with Gasteiger partial charge in [0.1, 0.15) is 0 Å². The van der Waals surface area contributed by atoms with E-state index in [4.69, 9.17) is 0 Å². The van der Waals surface area contributed by atoms with Crippen LogP contribution in [0.3, 0.4) is 0 Å². The number of H-pyrrole nitrogens is 1. The predicted octanol–water partition coefficient (Wildman–Crippen LogP) is 3.90. The van der Waals surface area contributed by atoms with Crippen molar-refractivity contribution in [2.45, 2.75) is 64.0 Å². The highest BCUT2D eigenvalue weighted by atomic mass is 16.2. The van der Waals surface area contributed by atoms with Gasteiger partial charge in [-0.2, -0.15) is 5.10 Å². The number of aromatic nitrogens is 2. The lowest BCUT2D eigenvalue weighted by Crippen LogP contribution is -2.47. The van der Waals surface area contributed by atoms with E-state index >= 15 is 0 Å². The van der Waals surface area contributed by atoms with Crippen LogP contribution in [0.25, 0.3) is 0 Å². The molecule has 0 aliphatic carbocycles. The topological polar surface area (TPSA) is 72.5 Å². The number of anilines is 1. The normalized spacial score (nSPS) is 22.1. The molecule has 2 aromatic rings. The molecule has 2 saturated heterocycles. The van der Waals surface area contributed by atoms with Crippen molar-refractivity contribution in [2.75, 3.05) is 32.1 Å². The Labute approximate surface area is 190 Å². The van der Waals surface area contributed by atoms with Crippen molar-refractivity contribution in [3.8, 4) is 0 Å². The first kappa shape index (κ1) is 22.4. The second kappa shape index (κ2) is 9.35. The van der Waals surface area contributed by atoms with Crippen molar-refractivity contribution in [1.82, 2.24) is 20.0 Å². The van der Waals surface area contributed by atoms with Gasteiger partial charge >= 0.3 is 0 Å². The summed E-state index contributed by atoms with van der Waals surface area (Å²) >= 11 is 0. The first-order chi connectivity index (χ1) is 15.4. The first-order valence-corrected chi connectivity index (χ1v) is 11.8. The van der Waals surface area contributed by atoms with E-state index in [0.717, 1.165) is 42.6 Å². The summed E-state index contributed by atoms with van der Waals surface area (Å²) < 4.78 is 0. The Hall–Kier alpha value is -2.83. The van der Waals surface area contributed by atoms with E-state index in [1.165, 1.54) is 6.42 Å². The zero-order chi connectivity index (χ0) is 22.8. The van der Waals surface area contributed by atoms with Crippen LogP contribution >= 0.6 is 0 Å². The highest BCUT2D eigenvalue weighted by Crippen LogP contribution is 2.32. The zero-order valence-electron chi connectivity index (χ0n) is 19.7. The number of nitrogens with one attached hydrogen (secondary N) is 1. The average molecular weight is 438 g/mol. The van der Waals surface area contributed by atoms with E-state index in [2.05, 4.69) is 24.0 Å². The highest BCUT2D eigenvalue weighted by Gasteiger charge is 2.34. The van der Waals surface area contributed by atoms with Crippen molar-refractivity contribution >= 4 is 17.5 Å². The molecule has 7 heteroatoms. The Bertz CT molecular complexity index is 951. The van der Waals surface area contributed by atoms with Gasteiger partial charge in [-0.15, -0.1) is 0 Å². The molecular formula is C25H35N5O2. The molecule has 2 amide bonds. The third-order valence-corrected chi connectivity index (χ3v) is 7.13. The van der Waals surface area contributed by atoms with Gasteiger partial charge in [-0.05, 0) is 64.2 Å². The number of benzene rings is 1. The number of carbonyl (C=O) groups excluding carboxylic acids is 2. The number of nitrogens with zero attached hydrogens (tertiary/aromatic N) is 4. The number of carbonyl (C=O) groups is 2. The molecule has 2 aliphatic rings. The van der Waals surface area contributed by atoms with Crippen LogP contribution in [-0.4, -0.2) is 71.1 Å². The quantitative estimate of drug-likeness (QED) is 0.787. The molecule has 1 N–H and O–H groups in total. The van der Waals surface area contributed by atoms with Crippen LogP contribution < -0.4 is 4.90 Å². The monoisotopic (exact) mass is 437 g/mol. The van der Waals surface area contributed by atoms with E-state index in [1.54, 1.807) is 6.20 Å². The molecular weight excluding hydrogens is 402 g/mol. The first-order valence-electron chi connectivity index (χ1n) is 11.8. The molecule has 2 aliphatic heterocycles. The lowest BCUT2D eigenvalue weighted by molar-refractivity contribution is 0.0507. The Morgan fingerprint density at radius 2 is 1.72 bits per heavy atom. The van der Waals surface area contributed by atoms with Crippen molar-refractivity contribution in [2.24, 2.45) is 0 Å². The third-order valence-electron chi connectivity index (χ3n) is 7.13. The van der Waals surface area contributed by atoms with E-state index in [0.29, 0.717) is 18.7 Å². The fraction of sp³-hybridized carbons (Fsp3) is 0.560. The number of hydrogen-bond acceptors (Lipinski definition) is 4. The van der Waals surface area contributed by atoms with Gasteiger partial charge in [0.2, 0.25) is 0 Å². The molecule has 0 spiro atoms. The summed E-state index contributed by atoms with van der Waals surface area (Å²) in [4.78, 5) is 32.4. The maximum atomic E-state index is 13.4. The van der Waals surface area contributed by atoms with Gasteiger partial charge in [0.15, 0.2) is 0 Å². The molecule has 4 rings (SSSR count). The minimum atomic E-state index is 0.0732. The Morgan fingerprint density at radius 1 is 1.03 bits per heavy atom. The summed E-state index contributed by atoms with van der Waals surface area (Å²) in [5, 5.41) is 7.35. The minimum Gasteiger partial charge on any atom is -0.378 e. The van der Waals surface area contributed by atoms with Gasteiger partial charge in [-0.1, -0.05) is 6.07 Å². The number of likely N-dealkylation sites (tertiary alicyclic amines) is 2. The number of amides is 2. The van der Waals surface area contributed by atoms with E-state index in [9.17, 15) is 9.59 Å². The fourth-order valence-electron chi connectivity index (χ4n) is 5.21. The molecule has 0 bridgehead atoms. The molecule has 2 atom stereocenters. The molecule has 0 radical (unpaired) electrons. The molecule has 3 heterocycles. The fourth-order valence-corrected chi connectivity index (χ4v) is 5.21. The largest absolute Gasteiger partial charge is 0.378 e. The standard InChI is InChI=1S/C25H35N5O2/c1-17-7-5-8-18(2)30(17)25(32)22-16-26-27-23(22)19-11-13-29(14-12-19)24(31)20-9-6-10-21(15-20)28(3)4/h6,9-10,15-19H,5,7-8,11-14H2,1-4H3,(H,26,27). The summed E-state index contributed by atoms with van der Waals surface area (Å²) in [6.07, 6.45) is 6.63. The summed E-state index contributed by atoms with van der Waals surface area (Å²) in [5.74, 6) is 0.375. The maximum absolute atomic E-state index is 13.4. The summed E-state index contributed by atoms with van der Waals surface area (Å²) in [5.41, 5.74) is 3.38. The van der Waals surface area contributed by atoms with Crippen molar-refractivity contribution in [3.63, 3.8) is 0 Å². The van der Waals surface area contributed by atoms with Gasteiger partial charge in [-0.3, -0.25) is 14.7 Å². The predicted molar refractivity (Wildman–Crippen MR) is 126 cm³/mol. The van der Waals surface area contributed by atoms with Crippen LogP contribution in [0, 0.1) is 0 Å². The van der Waals surface area contributed by atoms with Crippen LogP contribution in [0.1, 0.15) is 78.3 Å². The van der Waals surface area contributed by atoms with Crippen LogP contribution in [0.4, 0.5) is 5.69 Å². The number of hydrogen-bond donors (Lipinski definition) is 1. The van der Waals surface area contributed by atoms with Crippen molar-refractivity contribution in [3.05, 3.63) is 47.3 Å². The Morgan fingerprint density at radius 3 is 2.38 bits per heavy atom. The van der Waals surface area contributed by atoms with Gasteiger partial charge in [0, 0.05) is 56.4 Å². The average Bonchev–Trinajstić information content (AvgIpc) is 3.28. The van der Waals surface area contributed by atoms with Crippen molar-refractivity contribution in [1.29, 1.82) is 0 Å². The Kier molecular flexibility index (Phi) is 6.53. The van der Waals surface area contributed by atoms with Gasteiger partial charge < -0.3 is 14.7 Å². The second-order valence-corrected chi connectivity index (χ2v) is 9.55. The molecule has 7 nitrogen and oxygen atoms in total. The molecule has 1 aromatic heterocycles. The summed E-state index contributed by atoms with van der Waals surface area (Å²) in [7, 11) is 3.95. The zero-order valence-corrected chi connectivity index (χ0v) is 19.7. The molecule has 1 aromatic carbocycles. The SMILES string of the molecule is CC1CCCC(C)N1C(=O)c1cn[nH]c1C1CCN(C(=O)c2cccc(N(C)C)c2)CC1. The van der Waals surface area contributed by atoms with E-state index < -0.39 is 0 Å². The smallest absolute Gasteiger partial charge is 0.257 e. The molecule has 0 saturated carbocycles. The van der Waals surface area contributed by atoms with Crippen molar-refractivity contribution < 1.29 is 9.59 Å². The summed E-state index contributed by atoms with van der Waals surface area (Å²) in [6.45, 7) is 5.64. The maximum Gasteiger partial charge on any atom is 0.257 e. The number of piperidine rings is 2. The van der Waals surface area contributed by atoms with E-state index in [1.807, 2.05) is 53.1 Å². The van der Waals surface area contributed by atoms with Gasteiger partial charge in [0.05, 0.1) is 17.5 Å².